The van der Waals surface area contributed by atoms with Crippen molar-refractivity contribution in [1.29, 1.82) is 0 Å². The zero-order valence-corrected chi connectivity index (χ0v) is 10.4. The second-order valence-electron chi connectivity index (χ2n) is 4.09. The lowest BCUT2D eigenvalue weighted by atomic mass is 10.0. The average Bonchev–Trinajstić information content (AvgIpc) is 2.15. The van der Waals surface area contributed by atoms with E-state index in [1.54, 1.807) is 4.90 Å². The molecular weight excluding hydrogens is 224 g/mol. The summed E-state index contributed by atoms with van der Waals surface area (Å²) >= 11 is 0. The van der Waals surface area contributed by atoms with Gasteiger partial charge in [0.25, 0.3) is 0 Å². The third kappa shape index (κ3) is 2.54. The molecule has 1 aliphatic rings. The number of anilines is 1. The molecule has 3 nitrogen and oxygen atoms in total. The maximum atomic E-state index is 11.9. The molecule has 0 spiro atoms. The molecule has 0 aromatic heterocycles. The Morgan fingerprint density at radius 3 is 2.31 bits per heavy atom. The van der Waals surface area contributed by atoms with E-state index >= 15 is 0 Å². The average molecular weight is 241 g/mol. The summed E-state index contributed by atoms with van der Waals surface area (Å²) in [5.41, 5.74) is 2.18. The van der Waals surface area contributed by atoms with Gasteiger partial charge in [-0.2, -0.15) is 0 Å². The molecule has 1 aromatic carbocycles. The minimum atomic E-state index is 0. The standard InChI is InChI=1S/C12H16N2O.ClH/c1-9-3-5-11(6-4-9)14(2)12(15)10-7-13-8-10;/h3-6,10,13H,7-8H2,1-2H3;1H. The molecular formula is C12H17ClN2O. The van der Waals surface area contributed by atoms with Crippen LogP contribution >= 0.6 is 12.4 Å². The van der Waals surface area contributed by atoms with Crippen molar-refractivity contribution in [3.8, 4) is 0 Å². The molecule has 1 fully saturated rings. The van der Waals surface area contributed by atoms with Crippen molar-refractivity contribution in [3.05, 3.63) is 29.8 Å². The fourth-order valence-corrected chi connectivity index (χ4v) is 1.63. The lowest BCUT2D eigenvalue weighted by Gasteiger charge is -2.30. The minimum absolute atomic E-state index is 0. The number of nitrogens with zero attached hydrogens (tertiary/aromatic N) is 1. The van der Waals surface area contributed by atoms with Gasteiger partial charge in [-0.3, -0.25) is 4.79 Å². The molecule has 2 rings (SSSR count). The highest BCUT2D eigenvalue weighted by molar-refractivity contribution is 5.95. The van der Waals surface area contributed by atoms with E-state index in [1.807, 2.05) is 38.2 Å². The van der Waals surface area contributed by atoms with E-state index in [1.165, 1.54) is 5.56 Å². The summed E-state index contributed by atoms with van der Waals surface area (Å²) in [5, 5.41) is 3.11. The fourth-order valence-electron chi connectivity index (χ4n) is 1.63. The van der Waals surface area contributed by atoms with E-state index in [-0.39, 0.29) is 24.2 Å². The quantitative estimate of drug-likeness (QED) is 0.852. The van der Waals surface area contributed by atoms with Gasteiger partial charge in [0.2, 0.25) is 5.91 Å². The number of hydrogen-bond donors (Lipinski definition) is 1. The molecule has 0 unspecified atom stereocenters. The molecule has 1 heterocycles. The number of aryl methyl sites for hydroxylation is 1. The van der Waals surface area contributed by atoms with Crippen LogP contribution in [0.25, 0.3) is 0 Å². The Morgan fingerprint density at radius 1 is 1.31 bits per heavy atom. The van der Waals surface area contributed by atoms with Gasteiger partial charge in [0.1, 0.15) is 0 Å². The van der Waals surface area contributed by atoms with E-state index < -0.39 is 0 Å². The van der Waals surface area contributed by atoms with E-state index in [4.69, 9.17) is 0 Å². The summed E-state index contributed by atoms with van der Waals surface area (Å²) in [4.78, 5) is 13.6. The van der Waals surface area contributed by atoms with Gasteiger partial charge in [-0.1, -0.05) is 17.7 Å². The zero-order valence-electron chi connectivity index (χ0n) is 9.56. The van der Waals surface area contributed by atoms with Crippen molar-refractivity contribution >= 4 is 24.0 Å². The number of rotatable bonds is 2. The molecule has 0 bridgehead atoms. The van der Waals surface area contributed by atoms with Crippen molar-refractivity contribution in [1.82, 2.24) is 5.32 Å². The summed E-state index contributed by atoms with van der Waals surface area (Å²) in [5.74, 6) is 0.369. The maximum Gasteiger partial charge on any atom is 0.232 e. The third-order valence-electron chi connectivity index (χ3n) is 2.88. The molecule has 1 aliphatic heterocycles. The molecule has 1 aromatic rings. The number of hydrogen-bond acceptors (Lipinski definition) is 2. The topological polar surface area (TPSA) is 32.3 Å². The van der Waals surface area contributed by atoms with Crippen LogP contribution in [-0.2, 0) is 4.79 Å². The Morgan fingerprint density at radius 2 is 1.88 bits per heavy atom. The van der Waals surface area contributed by atoms with Crippen molar-refractivity contribution in [2.75, 3.05) is 25.0 Å². The van der Waals surface area contributed by atoms with Crippen molar-refractivity contribution in [3.63, 3.8) is 0 Å². The largest absolute Gasteiger partial charge is 0.315 e. The molecule has 1 amide bonds. The Bertz CT molecular complexity index is 360. The molecule has 88 valence electrons. The van der Waals surface area contributed by atoms with Crippen LogP contribution in [0.4, 0.5) is 5.69 Å². The van der Waals surface area contributed by atoms with Crippen LogP contribution in [0.3, 0.4) is 0 Å². The van der Waals surface area contributed by atoms with Crippen molar-refractivity contribution < 1.29 is 4.79 Å². The van der Waals surface area contributed by atoms with Gasteiger partial charge in [-0.05, 0) is 19.1 Å². The highest BCUT2D eigenvalue weighted by atomic mass is 35.5. The zero-order chi connectivity index (χ0) is 10.8. The number of nitrogens with one attached hydrogen (secondary N) is 1. The first-order chi connectivity index (χ1) is 7.18. The van der Waals surface area contributed by atoms with Crippen LogP contribution in [0, 0.1) is 12.8 Å². The third-order valence-corrected chi connectivity index (χ3v) is 2.88. The minimum Gasteiger partial charge on any atom is -0.315 e. The second kappa shape index (κ2) is 5.32. The molecule has 16 heavy (non-hydrogen) atoms. The first kappa shape index (κ1) is 13.0. The number of amides is 1. The van der Waals surface area contributed by atoms with Gasteiger partial charge in [-0.15, -0.1) is 12.4 Å². The number of benzene rings is 1. The van der Waals surface area contributed by atoms with Crippen molar-refractivity contribution in [2.24, 2.45) is 5.92 Å². The molecule has 0 aliphatic carbocycles. The smallest absolute Gasteiger partial charge is 0.232 e. The monoisotopic (exact) mass is 240 g/mol. The van der Waals surface area contributed by atoms with Crippen LogP contribution in [0.1, 0.15) is 5.56 Å². The molecule has 0 saturated carbocycles. The van der Waals surface area contributed by atoms with Gasteiger partial charge < -0.3 is 10.2 Å². The summed E-state index contributed by atoms with van der Waals surface area (Å²) < 4.78 is 0. The van der Waals surface area contributed by atoms with Crippen LogP contribution in [-0.4, -0.2) is 26.0 Å². The number of carbonyl (C=O) groups is 1. The van der Waals surface area contributed by atoms with Gasteiger partial charge in [0, 0.05) is 25.8 Å². The normalized spacial score (nSPS) is 14.9. The molecule has 0 radical (unpaired) electrons. The summed E-state index contributed by atoms with van der Waals surface area (Å²) in [7, 11) is 1.84. The van der Waals surface area contributed by atoms with Gasteiger partial charge in [0.15, 0.2) is 0 Å². The maximum absolute atomic E-state index is 11.9. The SMILES string of the molecule is Cc1ccc(N(C)C(=O)C2CNC2)cc1.Cl. The van der Waals surface area contributed by atoms with Gasteiger partial charge in [-0.25, -0.2) is 0 Å². The summed E-state index contributed by atoms with van der Waals surface area (Å²) in [6, 6.07) is 8.02. The summed E-state index contributed by atoms with van der Waals surface area (Å²) in [6.07, 6.45) is 0. The molecule has 0 atom stereocenters. The predicted molar refractivity (Wildman–Crippen MR) is 68.2 cm³/mol. The lowest BCUT2D eigenvalue weighted by Crippen LogP contribution is -2.51. The van der Waals surface area contributed by atoms with Crippen LogP contribution < -0.4 is 10.2 Å². The highest BCUT2D eigenvalue weighted by Crippen LogP contribution is 2.17. The molecule has 4 heteroatoms. The Kier molecular flexibility index (Phi) is 4.33. The van der Waals surface area contributed by atoms with Crippen LogP contribution in [0.5, 0.6) is 0 Å². The van der Waals surface area contributed by atoms with E-state index in [0.717, 1.165) is 18.8 Å². The number of carbonyl (C=O) groups excluding carboxylic acids is 1. The van der Waals surface area contributed by atoms with Gasteiger partial charge in [0.05, 0.1) is 5.92 Å². The van der Waals surface area contributed by atoms with E-state index in [9.17, 15) is 4.79 Å². The molecule has 1 saturated heterocycles. The fraction of sp³-hybridized carbons (Fsp3) is 0.417. The lowest BCUT2D eigenvalue weighted by molar-refractivity contribution is -0.123. The van der Waals surface area contributed by atoms with Crippen LogP contribution in [0.15, 0.2) is 24.3 Å². The Labute approximate surface area is 102 Å². The predicted octanol–water partition coefficient (Wildman–Crippen LogP) is 1.60. The Hall–Kier alpha value is -1.06. The van der Waals surface area contributed by atoms with E-state index in [2.05, 4.69) is 5.32 Å². The van der Waals surface area contributed by atoms with Crippen molar-refractivity contribution in [2.45, 2.75) is 6.92 Å². The summed E-state index contributed by atoms with van der Waals surface area (Å²) in [6.45, 7) is 3.67. The first-order valence-corrected chi connectivity index (χ1v) is 5.23. The first-order valence-electron chi connectivity index (χ1n) is 5.23. The number of halogens is 1. The second-order valence-corrected chi connectivity index (χ2v) is 4.09. The van der Waals surface area contributed by atoms with E-state index in [0.29, 0.717) is 0 Å². The van der Waals surface area contributed by atoms with Gasteiger partial charge >= 0.3 is 0 Å². The van der Waals surface area contributed by atoms with Crippen LogP contribution in [0.2, 0.25) is 0 Å². The highest BCUT2D eigenvalue weighted by Gasteiger charge is 2.27. The Balaban J connectivity index is 0.00000128. The molecule has 1 N–H and O–H groups in total.